The molecule has 1 N–H and O–H groups in total. The first-order valence-corrected chi connectivity index (χ1v) is 10.5. The molecule has 1 aromatic rings. The van der Waals surface area contributed by atoms with E-state index >= 15 is 0 Å². The highest BCUT2D eigenvalue weighted by molar-refractivity contribution is 5.95. The summed E-state index contributed by atoms with van der Waals surface area (Å²) < 4.78 is 0. The summed E-state index contributed by atoms with van der Waals surface area (Å²) in [5.74, 6) is 0.317. The van der Waals surface area contributed by atoms with Gasteiger partial charge in [0.2, 0.25) is 0 Å². The highest BCUT2D eigenvalue weighted by Crippen LogP contribution is 2.35. The minimum atomic E-state index is -0.271. The Bertz CT molecular complexity index is 584. The Morgan fingerprint density at radius 1 is 1.26 bits per heavy atom. The fraction of sp³-hybridized carbons (Fsp3) is 0.560. The number of rotatable bonds is 9. The number of allylic oxidation sites excluding steroid dienone is 3. The van der Waals surface area contributed by atoms with Crippen LogP contribution in [0, 0.1) is 5.41 Å². The standard InChI is InChI=1S/C13H20O.C12H18O/c1-4-5-8-12(14)11-7-6-9-13(2,3)10-11;1-2-3-5-10-12(13)11-8-6-4-7-9-11/h4,7H,1,5-6,8-10H2,2-3H3;4,6-9,12-13H,2-3,5,10H2,1H3. The smallest absolute Gasteiger partial charge is 0.158 e. The molecule has 1 atom stereocenters. The van der Waals surface area contributed by atoms with E-state index in [2.05, 4.69) is 33.4 Å². The molecule has 0 aromatic heterocycles. The second-order valence-corrected chi connectivity index (χ2v) is 8.28. The molecule has 0 saturated heterocycles. The van der Waals surface area contributed by atoms with Crippen LogP contribution in [0.15, 0.2) is 54.6 Å². The van der Waals surface area contributed by atoms with Crippen LogP contribution in [-0.4, -0.2) is 10.9 Å². The first kappa shape index (κ1) is 23.4. The molecule has 0 saturated carbocycles. The molecule has 2 heteroatoms. The normalized spacial score (nSPS) is 16.5. The fourth-order valence-electron chi connectivity index (χ4n) is 3.35. The number of carbonyl (C=O) groups excluding carboxylic acids is 1. The number of aliphatic hydroxyl groups is 1. The molecule has 2 rings (SSSR count). The topological polar surface area (TPSA) is 37.3 Å². The molecule has 1 unspecified atom stereocenters. The van der Waals surface area contributed by atoms with Gasteiger partial charge < -0.3 is 5.11 Å². The maximum atomic E-state index is 11.7. The molecule has 0 radical (unpaired) electrons. The average molecular weight is 371 g/mol. The molecule has 0 aliphatic heterocycles. The van der Waals surface area contributed by atoms with Crippen molar-refractivity contribution in [2.24, 2.45) is 5.41 Å². The van der Waals surface area contributed by atoms with E-state index in [1.807, 2.05) is 36.4 Å². The molecule has 0 heterocycles. The second-order valence-electron chi connectivity index (χ2n) is 8.28. The molecule has 1 aliphatic rings. The van der Waals surface area contributed by atoms with Crippen molar-refractivity contribution in [3.8, 4) is 0 Å². The Kier molecular flexibility index (Phi) is 11.0. The summed E-state index contributed by atoms with van der Waals surface area (Å²) in [6.45, 7) is 10.3. The summed E-state index contributed by atoms with van der Waals surface area (Å²) in [5, 5.41) is 9.75. The lowest BCUT2D eigenvalue weighted by molar-refractivity contribution is -0.116. The van der Waals surface area contributed by atoms with Crippen molar-refractivity contribution in [3.05, 3.63) is 60.2 Å². The molecule has 0 fully saturated rings. The first-order chi connectivity index (χ1) is 12.9. The zero-order valence-electron chi connectivity index (χ0n) is 17.5. The molecule has 27 heavy (non-hydrogen) atoms. The SMILES string of the molecule is C=CCCC(=O)C1=CCCC(C)(C)C1.CCCCCC(O)c1ccccc1. The van der Waals surface area contributed by atoms with Gasteiger partial charge in [-0.3, -0.25) is 4.79 Å². The molecule has 1 aromatic carbocycles. The van der Waals surface area contributed by atoms with Crippen molar-refractivity contribution >= 4 is 5.78 Å². The van der Waals surface area contributed by atoms with E-state index in [1.165, 1.54) is 19.3 Å². The zero-order valence-corrected chi connectivity index (χ0v) is 17.5. The van der Waals surface area contributed by atoms with Gasteiger partial charge in [-0.1, -0.05) is 82.5 Å². The molecule has 0 bridgehead atoms. The predicted octanol–water partition coefficient (Wildman–Crippen LogP) is 6.96. The summed E-state index contributed by atoms with van der Waals surface area (Å²) in [4.78, 5) is 11.7. The number of hydrogen-bond donors (Lipinski definition) is 1. The van der Waals surface area contributed by atoms with Crippen LogP contribution in [0.1, 0.15) is 90.2 Å². The van der Waals surface area contributed by atoms with Gasteiger partial charge in [-0.25, -0.2) is 0 Å². The van der Waals surface area contributed by atoms with E-state index in [9.17, 15) is 9.90 Å². The number of ketones is 1. The number of Topliss-reactive ketones (excluding diaryl/α,β-unsaturated/α-hetero) is 1. The molecule has 2 nitrogen and oxygen atoms in total. The molecular formula is C25H38O2. The Labute approximate surface area is 166 Å². The number of carbonyl (C=O) groups is 1. The van der Waals surface area contributed by atoms with E-state index < -0.39 is 0 Å². The minimum Gasteiger partial charge on any atom is -0.388 e. The Morgan fingerprint density at radius 3 is 2.56 bits per heavy atom. The lowest BCUT2D eigenvalue weighted by atomic mass is 9.76. The van der Waals surface area contributed by atoms with Crippen LogP contribution in [0.3, 0.4) is 0 Å². The van der Waals surface area contributed by atoms with Crippen LogP contribution in [0.5, 0.6) is 0 Å². The van der Waals surface area contributed by atoms with Gasteiger partial charge in [-0.05, 0) is 48.7 Å². The van der Waals surface area contributed by atoms with Crippen molar-refractivity contribution in [1.29, 1.82) is 0 Å². The average Bonchev–Trinajstić information content (AvgIpc) is 2.66. The highest BCUT2D eigenvalue weighted by atomic mass is 16.3. The van der Waals surface area contributed by atoms with Crippen LogP contribution < -0.4 is 0 Å². The summed E-state index contributed by atoms with van der Waals surface area (Å²) in [6.07, 6.45) is 12.7. The minimum absolute atomic E-state index is 0.271. The third-order valence-electron chi connectivity index (χ3n) is 5.08. The third kappa shape index (κ3) is 9.72. The maximum Gasteiger partial charge on any atom is 0.158 e. The lowest BCUT2D eigenvalue weighted by Gasteiger charge is -2.29. The van der Waals surface area contributed by atoms with Crippen molar-refractivity contribution in [2.45, 2.75) is 84.7 Å². The van der Waals surface area contributed by atoms with Gasteiger partial charge in [0.1, 0.15) is 0 Å². The number of hydrogen-bond acceptors (Lipinski definition) is 2. The quantitative estimate of drug-likeness (QED) is 0.377. The summed E-state index contributed by atoms with van der Waals surface area (Å²) in [5.41, 5.74) is 2.40. The molecule has 150 valence electrons. The number of aliphatic hydroxyl groups excluding tert-OH is 1. The van der Waals surface area contributed by atoms with Gasteiger partial charge in [-0.2, -0.15) is 0 Å². The lowest BCUT2D eigenvalue weighted by Crippen LogP contribution is -2.19. The van der Waals surface area contributed by atoms with Crippen molar-refractivity contribution < 1.29 is 9.90 Å². The summed E-state index contributed by atoms with van der Waals surface area (Å²) in [6, 6.07) is 9.88. The number of unbranched alkanes of at least 4 members (excludes halogenated alkanes) is 2. The fourth-order valence-corrected chi connectivity index (χ4v) is 3.35. The summed E-state index contributed by atoms with van der Waals surface area (Å²) in [7, 11) is 0. The monoisotopic (exact) mass is 370 g/mol. The van der Waals surface area contributed by atoms with Gasteiger partial charge >= 0.3 is 0 Å². The molecule has 0 spiro atoms. The largest absolute Gasteiger partial charge is 0.388 e. The van der Waals surface area contributed by atoms with E-state index in [-0.39, 0.29) is 6.10 Å². The van der Waals surface area contributed by atoms with Crippen LogP contribution in [0.2, 0.25) is 0 Å². The van der Waals surface area contributed by atoms with Crippen LogP contribution in [0.25, 0.3) is 0 Å². The first-order valence-electron chi connectivity index (χ1n) is 10.5. The van der Waals surface area contributed by atoms with Gasteiger partial charge in [0.25, 0.3) is 0 Å². The van der Waals surface area contributed by atoms with E-state index in [0.29, 0.717) is 17.6 Å². The van der Waals surface area contributed by atoms with E-state index in [4.69, 9.17) is 0 Å². The van der Waals surface area contributed by atoms with Gasteiger partial charge in [-0.15, -0.1) is 6.58 Å². The zero-order chi connectivity index (χ0) is 20.1. The third-order valence-corrected chi connectivity index (χ3v) is 5.08. The second kappa shape index (κ2) is 12.7. The van der Waals surface area contributed by atoms with Crippen molar-refractivity contribution in [1.82, 2.24) is 0 Å². The van der Waals surface area contributed by atoms with Crippen LogP contribution >= 0.6 is 0 Å². The van der Waals surface area contributed by atoms with E-state index in [1.54, 1.807) is 0 Å². The molecule has 1 aliphatic carbocycles. The van der Waals surface area contributed by atoms with E-state index in [0.717, 1.165) is 43.2 Å². The Balaban J connectivity index is 0.000000271. The Hall–Kier alpha value is -1.67. The Morgan fingerprint density at radius 2 is 1.96 bits per heavy atom. The van der Waals surface area contributed by atoms with Crippen LogP contribution in [0.4, 0.5) is 0 Å². The summed E-state index contributed by atoms with van der Waals surface area (Å²) >= 11 is 0. The number of benzene rings is 1. The predicted molar refractivity (Wildman–Crippen MR) is 116 cm³/mol. The van der Waals surface area contributed by atoms with Crippen molar-refractivity contribution in [3.63, 3.8) is 0 Å². The highest BCUT2D eigenvalue weighted by Gasteiger charge is 2.25. The van der Waals surface area contributed by atoms with Gasteiger partial charge in [0.05, 0.1) is 6.10 Å². The molecule has 0 amide bonds. The van der Waals surface area contributed by atoms with Gasteiger partial charge in [0.15, 0.2) is 5.78 Å². The molecular weight excluding hydrogens is 332 g/mol. The maximum absolute atomic E-state index is 11.7. The van der Waals surface area contributed by atoms with Gasteiger partial charge in [0, 0.05) is 6.42 Å². The van der Waals surface area contributed by atoms with Crippen LogP contribution in [-0.2, 0) is 4.79 Å². The van der Waals surface area contributed by atoms with Crippen molar-refractivity contribution in [2.75, 3.05) is 0 Å².